The molecule has 1 aromatic heterocycles. The second-order valence-electron chi connectivity index (χ2n) is 4.46. The van der Waals surface area contributed by atoms with Gasteiger partial charge in [0.2, 0.25) is 0 Å². The van der Waals surface area contributed by atoms with E-state index in [1.807, 2.05) is 26.4 Å². The molecule has 1 atom stereocenters. The largest absolute Gasteiger partial charge is 0.361 e. The lowest BCUT2D eigenvalue weighted by Gasteiger charge is -2.23. The Hall–Kier alpha value is -1.39. The van der Waals surface area contributed by atoms with Gasteiger partial charge in [0.1, 0.15) is 5.82 Å². The van der Waals surface area contributed by atoms with Gasteiger partial charge in [-0.25, -0.2) is 4.39 Å². The number of benzene rings is 1. The number of nitrogens with two attached hydrogens (primary N) is 1. The summed E-state index contributed by atoms with van der Waals surface area (Å²) in [5.74, 6) is -0.178. The molecule has 0 saturated carbocycles. The number of hydrogen-bond donors (Lipinski definition) is 2. The van der Waals surface area contributed by atoms with Crippen LogP contribution in [0.5, 0.6) is 0 Å². The lowest BCUT2D eigenvalue weighted by atomic mass is 10.0. The van der Waals surface area contributed by atoms with Crippen LogP contribution < -0.4 is 5.73 Å². The topological polar surface area (TPSA) is 45.0 Å². The van der Waals surface area contributed by atoms with Crippen molar-refractivity contribution in [1.29, 1.82) is 0 Å². The minimum Gasteiger partial charge on any atom is -0.361 e. The average molecular weight is 235 g/mol. The van der Waals surface area contributed by atoms with Crippen molar-refractivity contribution in [2.75, 3.05) is 20.6 Å². The molecule has 0 aliphatic heterocycles. The molecule has 1 unspecified atom stereocenters. The zero-order chi connectivity index (χ0) is 12.4. The molecular weight excluding hydrogens is 217 g/mol. The SMILES string of the molecule is CN(C)C(CCN)c1c[nH]c2cccc(F)c12. The van der Waals surface area contributed by atoms with Gasteiger partial charge in [-0.2, -0.15) is 0 Å². The van der Waals surface area contributed by atoms with Gasteiger partial charge in [-0.05, 0) is 44.8 Å². The number of nitrogens with one attached hydrogen (secondary N) is 1. The highest BCUT2D eigenvalue weighted by molar-refractivity contribution is 5.84. The maximum absolute atomic E-state index is 13.9. The summed E-state index contributed by atoms with van der Waals surface area (Å²) in [6.07, 6.45) is 2.70. The van der Waals surface area contributed by atoms with E-state index in [0.717, 1.165) is 17.5 Å². The van der Waals surface area contributed by atoms with Crippen molar-refractivity contribution in [3.05, 3.63) is 35.8 Å². The lowest BCUT2D eigenvalue weighted by Crippen LogP contribution is -2.22. The van der Waals surface area contributed by atoms with Crippen LogP contribution in [0.1, 0.15) is 18.0 Å². The summed E-state index contributed by atoms with van der Waals surface area (Å²) in [7, 11) is 3.97. The third-order valence-corrected chi connectivity index (χ3v) is 3.11. The Morgan fingerprint density at radius 1 is 1.41 bits per heavy atom. The number of nitrogens with zero attached hydrogens (tertiary/aromatic N) is 1. The van der Waals surface area contributed by atoms with Crippen molar-refractivity contribution in [2.45, 2.75) is 12.5 Å². The maximum atomic E-state index is 13.9. The predicted octanol–water partition coefficient (Wildman–Crippen LogP) is 2.26. The fraction of sp³-hybridized carbons (Fsp3) is 0.385. The third kappa shape index (κ3) is 2.18. The van der Waals surface area contributed by atoms with E-state index in [-0.39, 0.29) is 11.9 Å². The second kappa shape index (κ2) is 4.85. The van der Waals surface area contributed by atoms with Crippen molar-refractivity contribution in [3.8, 4) is 0 Å². The summed E-state index contributed by atoms with van der Waals surface area (Å²) in [6.45, 7) is 0.587. The molecule has 92 valence electrons. The van der Waals surface area contributed by atoms with Gasteiger partial charge in [0.15, 0.2) is 0 Å². The summed E-state index contributed by atoms with van der Waals surface area (Å²) < 4.78 is 13.9. The van der Waals surface area contributed by atoms with Crippen LogP contribution in [0, 0.1) is 5.82 Å². The van der Waals surface area contributed by atoms with Gasteiger partial charge in [0.05, 0.1) is 0 Å². The van der Waals surface area contributed by atoms with Crippen LogP contribution in [0.25, 0.3) is 10.9 Å². The number of hydrogen-bond acceptors (Lipinski definition) is 2. The number of fused-ring (bicyclic) bond motifs is 1. The van der Waals surface area contributed by atoms with E-state index in [1.54, 1.807) is 6.07 Å². The van der Waals surface area contributed by atoms with E-state index in [1.165, 1.54) is 6.07 Å². The first-order chi connectivity index (χ1) is 8.15. The Bertz CT molecular complexity index is 504. The maximum Gasteiger partial charge on any atom is 0.132 e. The third-order valence-electron chi connectivity index (χ3n) is 3.11. The smallest absolute Gasteiger partial charge is 0.132 e. The molecule has 2 rings (SSSR count). The summed E-state index contributed by atoms with van der Waals surface area (Å²) in [6, 6.07) is 5.24. The fourth-order valence-corrected chi connectivity index (χ4v) is 2.28. The standard InChI is InChI=1S/C13H18FN3/c1-17(2)12(6-7-15)9-8-16-11-5-3-4-10(14)13(9)11/h3-5,8,12,16H,6-7,15H2,1-2H3. The average Bonchev–Trinajstić information content (AvgIpc) is 2.70. The molecule has 0 fully saturated rings. The zero-order valence-corrected chi connectivity index (χ0v) is 10.2. The molecule has 17 heavy (non-hydrogen) atoms. The first-order valence-corrected chi connectivity index (χ1v) is 5.77. The Labute approximate surface area is 100 Å². The van der Waals surface area contributed by atoms with Gasteiger partial charge in [-0.1, -0.05) is 6.07 Å². The highest BCUT2D eigenvalue weighted by atomic mass is 19.1. The molecule has 0 radical (unpaired) electrons. The van der Waals surface area contributed by atoms with Crippen molar-refractivity contribution in [3.63, 3.8) is 0 Å². The Morgan fingerprint density at radius 3 is 2.82 bits per heavy atom. The Kier molecular flexibility index (Phi) is 3.45. The number of aromatic amines is 1. The van der Waals surface area contributed by atoms with E-state index >= 15 is 0 Å². The monoisotopic (exact) mass is 235 g/mol. The van der Waals surface area contributed by atoms with Crippen LogP contribution in [0.15, 0.2) is 24.4 Å². The van der Waals surface area contributed by atoms with Crippen LogP contribution >= 0.6 is 0 Å². The quantitative estimate of drug-likeness (QED) is 0.853. The van der Waals surface area contributed by atoms with Crippen LogP contribution in [-0.4, -0.2) is 30.5 Å². The Morgan fingerprint density at radius 2 is 2.18 bits per heavy atom. The molecule has 3 nitrogen and oxygen atoms in total. The van der Waals surface area contributed by atoms with Gasteiger partial charge < -0.3 is 15.6 Å². The minimum atomic E-state index is -0.178. The fourth-order valence-electron chi connectivity index (χ4n) is 2.28. The van der Waals surface area contributed by atoms with Crippen LogP contribution in [0.2, 0.25) is 0 Å². The molecule has 0 saturated heterocycles. The van der Waals surface area contributed by atoms with Gasteiger partial charge in [0, 0.05) is 23.1 Å². The first kappa shape index (κ1) is 12.1. The molecule has 2 aromatic rings. The van der Waals surface area contributed by atoms with E-state index in [0.29, 0.717) is 11.9 Å². The summed E-state index contributed by atoms with van der Waals surface area (Å²) >= 11 is 0. The van der Waals surface area contributed by atoms with Crippen molar-refractivity contribution < 1.29 is 4.39 Å². The van der Waals surface area contributed by atoms with Gasteiger partial charge in [-0.15, -0.1) is 0 Å². The van der Waals surface area contributed by atoms with Crippen molar-refractivity contribution >= 4 is 10.9 Å². The van der Waals surface area contributed by atoms with Gasteiger partial charge >= 0.3 is 0 Å². The normalized spacial score (nSPS) is 13.5. The summed E-state index contributed by atoms with van der Waals surface area (Å²) in [5.41, 5.74) is 7.44. The minimum absolute atomic E-state index is 0.144. The Balaban J connectivity index is 2.53. The summed E-state index contributed by atoms with van der Waals surface area (Å²) in [5, 5.41) is 0.680. The number of halogens is 1. The zero-order valence-electron chi connectivity index (χ0n) is 10.2. The predicted molar refractivity (Wildman–Crippen MR) is 68.4 cm³/mol. The van der Waals surface area contributed by atoms with Crippen LogP contribution in [-0.2, 0) is 0 Å². The van der Waals surface area contributed by atoms with E-state index < -0.39 is 0 Å². The van der Waals surface area contributed by atoms with Crippen LogP contribution in [0.3, 0.4) is 0 Å². The molecule has 0 amide bonds. The lowest BCUT2D eigenvalue weighted by molar-refractivity contribution is 0.288. The number of rotatable bonds is 4. The first-order valence-electron chi connectivity index (χ1n) is 5.77. The molecule has 3 N–H and O–H groups in total. The van der Waals surface area contributed by atoms with E-state index in [2.05, 4.69) is 9.88 Å². The highest BCUT2D eigenvalue weighted by Gasteiger charge is 2.19. The van der Waals surface area contributed by atoms with Gasteiger partial charge in [-0.3, -0.25) is 0 Å². The number of aromatic nitrogens is 1. The molecule has 0 aliphatic carbocycles. The molecule has 0 aliphatic rings. The molecule has 4 heteroatoms. The van der Waals surface area contributed by atoms with Crippen LogP contribution in [0.4, 0.5) is 4.39 Å². The highest BCUT2D eigenvalue weighted by Crippen LogP contribution is 2.30. The molecule has 0 bridgehead atoms. The van der Waals surface area contributed by atoms with Crippen molar-refractivity contribution in [2.24, 2.45) is 5.73 Å². The molecule has 1 heterocycles. The molecular formula is C13H18FN3. The second-order valence-corrected chi connectivity index (χ2v) is 4.46. The summed E-state index contributed by atoms with van der Waals surface area (Å²) in [4.78, 5) is 5.19. The number of H-pyrrole nitrogens is 1. The van der Waals surface area contributed by atoms with Crippen molar-refractivity contribution in [1.82, 2.24) is 9.88 Å². The molecule has 1 aromatic carbocycles. The molecule has 0 spiro atoms. The van der Waals surface area contributed by atoms with Gasteiger partial charge in [0.25, 0.3) is 0 Å². The van der Waals surface area contributed by atoms with E-state index in [4.69, 9.17) is 5.73 Å². The van der Waals surface area contributed by atoms with E-state index in [9.17, 15) is 4.39 Å².